The number of hydrogen-bond acceptors (Lipinski definition) is 4. The highest BCUT2D eigenvalue weighted by atomic mass is 127. The molecule has 0 aliphatic carbocycles. The third-order valence-electron chi connectivity index (χ3n) is 6.12. The number of rotatable bonds is 10. The van der Waals surface area contributed by atoms with Gasteiger partial charge in [-0.05, 0) is 57.8 Å². The Balaban J connectivity index is 0.00000320. The van der Waals surface area contributed by atoms with Crippen LogP contribution in [0.2, 0.25) is 0 Å². The Bertz CT molecular complexity index is 609. The summed E-state index contributed by atoms with van der Waals surface area (Å²) in [4.78, 5) is 10.1. The van der Waals surface area contributed by atoms with Crippen molar-refractivity contribution in [3.05, 3.63) is 35.9 Å². The normalized spacial score (nSPS) is 21.4. The molecular weight excluding hydrogens is 489 g/mol. The standard InChI is InChI=1S/C23H39N5O.HI/c1-3-24-23(25-18-21-12-9-15-27(21)16-17-29-2)26-19-22(28-13-7-8-14-28)20-10-5-4-6-11-20;/h4-6,10-11,21-22H,3,7-9,12-19H2,1-2H3,(H2,24,25,26);1H. The van der Waals surface area contributed by atoms with E-state index >= 15 is 0 Å². The first-order valence-corrected chi connectivity index (χ1v) is 11.4. The van der Waals surface area contributed by atoms with Gasteiger partial charge in [-0.25, -0.2) is 0 Å². The minimum Gasteiger partial charge on any atom is -0.383 e. The van der Waals surface area contributed by atoms with E-state index in [9.17, 15) is 0 Å². The quantitative estimate of drug-likeness (QED) is 0.277. The third kappa shape index (κ3) is 7.66. The van der Waals surface area contributed by atoms with Crippen LogP contribution in [-0.2, 0) is 4.74 Å². The smallest absolute Gasteiger partial charge is 0.191 e. The van der Waals surface area contributed by atoms with Crippen molar-refractivity contribution in [1.82, 2.24) is 20.4 Å². The summed E-state index contributed by atoms with van der Waals surface area (Å²) in [5.74, 6) is 0.936. The average Bonchev–Trinajstić information content (AvgIpc) is 3.43. The van der Waals surface area contributed by atoms with E-state index in [0.29, 0.717) is 12.1 Å². The SMILES string of the molecule is CCNC(=NCC(c1ccccc1)N1CCCC1)NCC1CCCN1CCOC.I. The predicted molar refractivity (Wildman–Crippen MR) is 136 cm³/mol. The summed E-state index contributed by atoms with van der Waals surface area (Å²) in [5, 5.41) is 7.04. The summed E-state index contributed by atoms with van der Waals surface area (Å²) < 4.78 is 5.27. The fourth-order valence-electron chi connectivity index (χ4n) is 4.52. The van der Waals surface area contributed by atoms with Crippen molar-refractivity contribution in [3.63, 3.8) is 0 Å². The largest absolute Gasteiger partial charge is 0.383 e. The van der Waals surface area contributed by atoms with Crippen molar-refractivity contribution >= 4 is 29.9 Å². The maximum Gasteiger partial charge on any atom is 0.191 e. The molecule has 7 heteroatoms. The van der Waals surface area contributed by atoms with Gasteiger partial charge in [0.25, 0.3) is 0 Å². The third-order valence-corrected chi connectivity index (χ3v) is 6.12. The fraction of sp³-hybridized carbons (Fsp3) is 0.696. The maximum absolute atomic E-state index is 5.27. The highest BCUT2D eigenvalue weighted by Crippen LogP contribution is 2.25. The van der Waals surface area contributed by atoms with Gasteiger partial charge >= 0.3 is 0 Å². The lowest BCUT2D eigenvalue weighted by Gasteiger charge is -2.27. The van der Waals surface area contributed by atoms with Gasteiger partial charge < -0.3 is 15.4 Å². The number of methoxy groups -OCH3 is 1. The lowest BCUT2D eigenvalue weighted by Crippen LogP contribution is -2.45. The Kier molecular flexibility index (Phi) is 12.0. The van der Waals surface area contributed by atoms with E-state index in [0.717, 1.165) is 38.7 Å². The van der Waals surface area contributed by atoms with Crippen molar-refractivity contribution in [3.8, 4) is 0 Å². The molecule has 2 aliphatic heterocycles. The molecule has 1 aromatic carbocycles. The van der Waals surface area contributed by atoms with Crippen molar-refractivity contribution < 1.29 is 4.74 Å². The molecule has 2 heterocycles. The summed E-state index contributed by atoms with van der Waals surface area (Å²) in [5.41, 5.74) is 1.37. The lowest BCUT2D eigenvalue weighted by molar-refractivity contribution is 0.141. The zero-order chi connectivity index (χ0) is 20.3. The van der Waals surface area contributed by atoms with Crippen LogP contribution >= 0.6 is 24.0 Å². The molecule has 2 aliphatic rings. The van der Waals surface area contributed by atoms with Gasteiger partial charge in [0.2, 0.25) is 0 Å². The Morgan fingerprint density at radius 1 is 1.13 bits per heavy atom. The van der Waals surface area contributed by atoms with Gasteiger partial charge in [-0.15, -0.1) is 24.0 Å². The summed E-state index contributed by atoms with van der Waals surface area (Å²) in [7, 11) is 1.78. The maximum atomic E-state index is 5.27. The molecule has 0 amide bonds. The topological polar surface area (TPSA) is 52.1 Å². The molecule has 170 valence electrons. The first-order chi connectivity index (χ1) is 14.3. The Hall–Kier alpha value is -0.900. The van der Waals surface area contributed by atoms with Crippen LogP contribution < -0.4 is 10.6 Å². The molecule has 0 spiro atoms. The average molecular weight is 530 g/mol. The minimum absolute atomic E-state index is 0. The van der Waals surface area contributed by atoms with Crippen molar-refractivity contribution in [1.29, 1.82) is 0 Å². The van der Waals surface area contributed by atoms with Gasteiger partial charge in [0, 0.05) is 32.8 Å². The first-order valence-electron chi connectivity index (χ1n) is 11.4. The molecule has 0 aromatic heterocycles. The number of aliphatic imine (C=N–C) groups is 1. The Morgan fingerprint density at radius 2 is 1.90 bits per heavy atom. The summed E-state index contributed by atoms with van der Waals surface area (Å²) >= 11 is 0. The molecule has 1 aromatic rings. The van der Waals surface area contributed by atoms with Gasteiger partial charge in [-0.1, -0.05) is 30.3 Å². The number of halogens is 1. The van der Waals surface area contributed by atoms with Crippen molar-refractivity contribution in [2.75, 3.05) is 59.5 Å². The highest BCUT2D eigenvalue weighted by molar-refractivity contribution is 14.0. The summed E-state index contributed by atoms with van der Waals surface area (Å²) in [6.45, 7) is 10.1. The van der Waals surface area contributed by atoms with E-state index in [1.54, 1.807) is 7.11 Å². The van der Waals surface area contributed by atoms with E-state index in [1.807, 2.05) is 0 Å². The monoisotopic (exact) mass is 529 g/mol. The van der Waals surface area contributed by atoms with Gasteiger partial charge in [-0.3, -0.25) is 14.8 Å². The predicted octanol–water partition coefficient (Wildman–Crippen LogP) is 3.11. The molecule has 0 saturated carbocycles. The number of hydrogen-bond donors (Lipinski definition) is 2. The van der Waals surface area contributed by atoms with Crippen LogP contribution in [0, 0.1) is 0 Å². The zero-order valence-corrected chi connectivity index (χ0v) is 21.0. The van der Waals surface area contributed by atoms with Crippen molar-refractivity contribution in [2.24, 2.45) is 4.99 Å². The molecule has 0 bridgehead atoms. The minimum atomic E-state index is 0. The molecule has 3 rings (SSSR count). The van der Waals surface area contributed by atoms with Gasteiger partial charge in [0.05, 0.1) is 19.2 Å². The molecule has 2 atom stereocenters. The van der Waals surface area contributed by atoms with Crippen LogP contribution in [0.3, 0.4) is 0 Å². The zero-order valence-electron chi connectivity index (χ0n) is 18.7. The van der Waals surface area contributed by atoms with Crippen LogP contribution in [0.4, 0.5) is 0 Å². The number of ether oxygens (including phenoxy) is 1. The lowest BCUT2D eigenvalue weighted by atomic mass is 10.1. The second-order valence-corrected chi connectivity index (χ2v) is 8.09. The van der Waals surface area contributed by atoms with Gasteiger partial charge in [-0.2, -0.15) is 0 Å². The molecule has 2 saturated heterocycles. The Morgan fingerprint density at radius 3 is 2.60 bits per heavy atom. The van der Waals surface area contributed by atoms with Gasteiger partial charge in [0.1, 0.15) is 0 Å². The molecule has 30 heavy (non-hydrogen) atoms. The second kappa shape index (κ2) is 14.2. The van der Waals surface area contributed by atoms with E-state index in [-0.39, 0.29) is 24.0 Å². The molecule has 0 radical (unpaired) electrons. The molecule has 2 N–H and O–H groups in total. The van der Waals surface area contributed by atoms with E-state index in [4.69, 9.17) is 9.73 Å². The summed E-state index contributed by atoms with van der Waals surface area (Å²) in [6.07, 6.45) is 5.11. The van der Waals surface area contributed by atoms with E-state index in [1.165, 1.54) is 50.9 Å². The molecule has 6 nitrogen and oxygen atoms in total. The number of benzene rings is 1. The van der Waals surface area contributed by atoms with Crippen LogP contribution in [0.1, 0.15) is 44.2 Å². The van der Waals surface area contributed by atoms with E-state index in [2.05, 4.69) is 57.7 Å². The number of nitrogens with one attached hydrogen (secondary N) is 2. The van der Waals surface area contributed by atoms with Crippen LogP contribution in [-0.4, -0.2) is 81.3 Å². The number of guanidine groups is 1. The highest BCUT2D eigenvalue weighted by Gasteiger charge is 2.25. The van der Waals surface area contributed by atoms with E-state index < -0.39 is 0 Å². The molecule has 2 unspecified atom stereocenters. The van der Waals surface area contributed by atoms with Crippen LogP contribution in [0.25, 0.3) is 0 Å². The molecular formula is C23H40IN5O. The molecule has 2 fully saturated rings. The fourth-order valence-corrected chi connectivity index (χ4v) is 4.52. The van der Waals surface area contributed by atoms with Crippen molar-refractivity contribution in [2.45, 2.75) is 44.7 Å². The summed E-state index contributed by atoms with van der Waals surface area (Å²) in [6, 6.07) is 11.8. The first kappa shape index (κ1) is 25.4. The Labute approximate surface area is 199 Å². The van der Waals surface area contributed by atoms with Gasteiger partial charge in [0.15, 0.2) is 5.96 Å². The second-order valence-electron chi connectivity index (χ2n) is 8.09. The number of nitrogens with zero attached hydrogens (tertiary/aromatic N) is 3. The van der Waals surface area contributed by atoms with Crippen LogP contribution in [0.15, 0.2) is 35.3 Å². The van der Waals surface area contributed by atoms with Crippen LogP contribution in [0.5, 0.6) is 0 Å². The number of likely N-dealkylation sites (tertiary alicyclic amines) is 2.